The number of amides is 1. The lowest BCUT2D eigenvalue weighted by Gasteiger charge is -2.49. The maximum atomic E-state index is 13.8. The number of ketones is 1. The van der Waals surface area contributed by atoms with E-state index in [2.05, 4.69) is 37.9 Å². The Morgan fingerprint density at radius 2 is 1.53 bits per heavy atom. The highest BCUT2D eigenvalue weighted by molar-refractivity contribution is 6.08. The number of hydrogen-bond acceptors (Lipinski definition) is 6. The largest absolute Gasteiger partial charge is 0.481 e. The van der Waals surface area contributed by atoms with Crippen LogP contribution < -0.4 is 5.32 Å². The second-order valence-corrected chi connectivity index (χ2v) is 13.6. The summed E-state index contributed by atoms with van der Waals surface area (Å²) < 4.78 is 5.77. The predicted octanol–water partition coefficient (Wildman–Crippen LogP) is 7.29. The van der Waals surface area contributed by atoms with E-state index >= 15 is 0 Å². The highest BCUT2D eigenvalue weighted by Crippen LogP contribution is 2.48. The lowest BCUT2D eigenvalue weighted by molar-refractivity contribution is -0.163. The first kappa shape index (κ1) is 37.9. The van der Waals surface area contributed by atoms with Crippen molar-refractivity contribution in [1.29, 1.82) is 0 Å². The number of carbonyl (C=O) groups is 4. The number of carboxylic acid groups (broad SMARTS) is 1. The zero-order valence-electron chi connectivity index (χ0n) is 29.5. The van der Waals surface area contributed by atoms with Crippen LogP contribution in [0, 0.1) is 22.7 Å². The number of rotatable bonds is 19. The van der Waals surface area contributed by atoms with Crippen molar-refractivity contribution >= 4 is 23.6 Å². The van der Waals surface area contributed by atoms with Gasteiger partial charge < -0.3 is 20.1 Å². The zero-order chi connectivity index (χ0) is 34.8. The Bertz CT molecular complexity index is 1340. The number of benzene rings is 2. The van der Waals surface area contributed by atoms with Gasteiger partial charge in [0.2, 0.25) is 5.91 Å². The van der Waals surface area contributed by atoms with Gasteiger partial charge in [0.1, 0.15) is 12.6 Å². The van der Waals surface area contributed by atoms with Crippen molar-refractivity contribution in [3.63, 3.8) is 0 Å². The molecule has 47 heavy (non-hydrogen) atoms. The van der Waals surface area contributed by atoms with E-state index in [1.54, 1.807) is 36.4 Å². The van der Waals surface area contributed by atoms with E-state index in [9.17, 15) is 24.3 Å². The quantitative estimate of drug-likeness (QED) is 0.122. The summed E-state index contributed by atoms with van der Waals surface area (Å²) in [5, 5.41) is 14.0. The Balaban J connectivity index is 1.86. The number of ether oxygens (including phenoxy) is 1. The Labute approximate surface area is 281 Å². The number of hydrogen-bond donors (Lipinski definition) is 2. The van der Waals surface area contributed by atoms with Gasteiger partial charge in [-0.15, -0.1) is 0 Å². The summed E-state index contributed by atoms with van der Waals surface area (Å²) in [6.07, 6.45) is 5.16. The molecule has 1 amide bonds. The molecule has 0 spiro atoms. The molecule has 0 aromatic heterocycles. The highest BCUT2D eigenvalue weighted by Gasteiger charge is 2.52. The van der Waals surface area contributed by atoms with Gasteiger partial charge in [0.25, 0.3) is 0 Å². The molecule has 0 bridgehead atoms. The molecule has 2 N–H and O–H groups in total. The second kappa shape index (κ2) is 17.0. The minimum atomic E-state index is -1.06. The van der Waals surface area contributed by atoms with E-state index in [-0.39, 0.29) is 35.7 Å². The number of likely N-dealkylation sites (N-methyl/N-ethyl adjacent to an activating group) is 1. The van der Waals surface area contributed by atoms with Crippen molar-refractivity contribution in [2.45, 2.75) is 112 Å². The number of nitrogens with one attached hydrogen (secondary N) is 1. The van der Waals surface area contributed by atoms with Crippen molar-refractivity contribution in [3.8, 4) is 0 Å². The predicted molar refractivity (Wildman–Crippen MR) is 185 cm³/mol. The third-order valence-corrected chi connectivity index (χ3v) is 11.2. The molecular weight excluding hydrogens is 592 g/mol. The summed E-state index contributed by atoms with van der Waals surface area (Å²) in [5.74, 6) is -2.69. The molecule has 5 unspecified atom stereocenters. The van der Waals surface area contributed by atoms with Crippen LogP contribution in [0.4, 0.5) is 0 Å². The number of carbonyl (C=O) groups excluding carboxylic acids is 3. The fraction of sp³-hybridized carbons (Fsp3) is 0.590. The normalized spacial score (nSPS) is 17.4. The van der Waals surface area contributed by atoms with Crippen LogP contribution in [0.2, 0.25) is 0 Å². The van der Waals surface area contributed by atoms with Gasteiger partial charge in [-0.3, -0.25) is 19.2 Å². The molecule has 5 atom stereocenters. The van der Waals surface area contributed by atoms with Crippen LogP contribution in [0.3, 0.4) is 0 Å². The molecule has 8 nitrogen and oxygen atoms in total. The molecule has 1 fully saturated rings. The maximum Gasteiger partial charge on any atom is 0.324 e. The molecular formula is C39H56N2O6. The molecule has 258 valence electrons. The maximum absolute atomic E-state index is 13.8. The SMILES string of the molecule is CCNC(C(=O)OCc1ccc(C(=O)c2ccccc2)cc1)C(C(=O)O)C(C)(CC)C(CC)CC(N1CCCC1=O)C(C)(CC)CC. The summed E-state index contributed by atoms with van der Waals surface area (Å²) in [4.78, 5) is 54.9. The fourth-order valence-corrected chi connectivity index (χ4v) is 7.56. The van der Waals surface area contributed by atoms with Crippen molar-refractivity contribution in [1.82, 2.24) is 10.2 Å². The molecule has 1 aliphatic heterocycles. The first-order valence-electron chi connectivity index (χ1n) is 17.5. The molecule has 3 rings (SSSR count). The fourth-order valence-electron chi connectivity index (χ4n) is 7.56. The average molecular weight is 649 g/mol. The minimum Gasteiger partial charge on any atom is -0.481 e. The summed E-state index contributed by atoms with van der Waals surface area (Å²) in [6.45, 7) is 15.6. The van der Waals surface area contributed by atoms with E-state index < -0.39 is 29.3 Å². The summed E-state index contributed by atoms with van der Waals surface area (Å²) in [7, 11) is 0. The zero-order valence-corrected chi connectivity index (χ0v) is 29.5. The van der Waals surface area contributed by atoms with E-state index in [1.807, 2.05) is 39.0 Å². The summed E-state index contributed by atoms with van der Waals surface area (Å²) >= 11 is 0. The third kappa shape index (κ3) is 8.69. The topological polar surface area (TPSA) is 113 Å². The molecule has 2 aromatic rings. The van der Waals surface area contributed by atoms with E-state index in [1.165, 1.54) is 0 Å². The van der Waals surface area contributed by atoms with E-state index in [0.29, 0.717) is 42.5 Å². The van der Waals surface area contributed by atoms with Crippen LogP contribution in [0.5, 0.6) is 0 Å². The van der Waals surface area contributed by atoms with Crippen LogP contribution in [-0.4, -0.2) is 58.8 Å². The number of esters is 1. The standard InChI is InChI=1S/C39H56N2O6/c1-8-30(25-31(38(6,9-2)10-3)41-24-16-19-32(41)42)39(7,11-4)33(36(44)45)34(40-12-5)37(46)47-26-27-20-22-29(23-21-27)35(43)28-17-14-13-15-18-28/h13-15,17-18,20-23,30-31,33-34,40H,8-12,16,19,24-26H2,1-7H3,(H,44,45). The molecule has 1 saturated heterocycles. The molecule has 0 saturated carbocycles. The lowest BCUT2D eigenvalue weighted by atomic mass is 9.59. The van der Waals surface area contributed by atoms with Gasteiger partial charge in [-0.2, -0.15) is 0 Å². The Hall–Kier alpha value is -3.52. The monoisotopic (exact) mass is 648 g/mol. The molecule has 8 heteroatoms. The van der Waals surface area contributed by atoms with E-state index in [4.69, 9.17) is 4.74 Å². The second-order valence-electron chi connectivity index (χ2n) is 13.6. The Kier molecular flexibility index (Phi) is 13.8. The number of likely N-dealkylation sites (tertiary alicyclic amines) is 1. The molecule has 1 heterocycles. The highest BCUT2D eigenvalue weighted by atomic mass is 16.5. The van der Waals surface area contributed by atoms with Crippen molar-refractivity contribution in [3.05, 3.63) is 71.3 Å². The lowest BCUT2D eigenvalue weighted by Crippen LogP contribution is -2.56. The van der Waals surface area contributed by atoms with Crippen molar-refractivity contribution in [2.75, 3.05) is 13.1 Å². The van der Waals surface area contributed by atoms with Gasteiger partial charge in [-0.25, -0.2) is 0 Å². The van der Waals surface area contributed by atoms with Crippen LogP contribution in [0.25, 0.3) is 0 Å². The van der Waals surface area contributed by atoms with E-state index in [0.717, 1.165) is 32.2 Å². The number of aliphatic carboxylic acids is 1. The van der Waals surface area contributed by atoms with Gasteiger partial charge in [-0.05, 0) is 61.0 Å². The third-order valence-electron chi connectivity index (χ3n) is 11.2. The van der Waals surface area contributed by atoms with Crippen LogP contribution in [0.1, 0.15) is 115 Å². The first-order valence-corrected chi connectivity index (χ1v) is 17.5. The smallest absolute Gasteiger partial charge is 0.324 e. The van der Waals surface area contributed by atoms with Gasteiger partial charge in [-0.1, -0.05) is 109 Å². The van der Waals surface area contributed by atoms with Gasteiger partial charge in [0.05, 0.1) is 5.92 Å². The number of nitrogens with zero attached hydrogens (tertiary/aromatic N) is 1. The molecule has 0 radical (unpaired) electrons. The summed E-state index contributed by atoms with van der Waals surface area (Å²) in [6, 6.07) is 14.9. The molecule has 2 aromatic carbocycles. The van der Waals surface area contributed by atoms with Crippen molar-refractivity contribution < 1.29 is 29.0 Å². The van der Waals surface area contributed by atoms with Gasteiger partial charge in [0.15, 0.2) is 5.78 Å². The molecule has 0 aliphatic carbocycles. The Morgan fingerprint density at radius 3 is 2.02 bits per heavy atom. The minimum absolute atomic E-state index is 0.0148. The Morgan fingerprint density at radius 1 is 0.915 bits per heavy atom. The average Bonchev–Trinajstić information content (AvgIpc) is 3.51. The van der Waals surface area contributed by atoms with Gasteiger partial charge in [0, 0.05) is 30.1 Å². The molecule has 1 aliphatic rings. The van der Waals surface area contributed by atoms with Crippen LogP contribution >= 0.6 is 0 Å². The first-order chi connectivity index (χ1) is 22.4. The van der Waals surface area contributed by atoms with Crippen LogP contribution in [-0.2, 0) is 25.7 Å². The number of carboxylic acids is 1. The van der Waals surface area contributed by atoms with Crippen molar-refractivity contribution in [2.24, 2.45) is 22.7 Å². The van der Waals surface area contributed by atoms with Crippen LogP contribution in [0.15, 0.2) is 54.6 Å². The summed E-state index contributed by atoms with van der Waals surface area (Å²) in [5.41, 5.74) is 0.948. The van der Waals surface area contributed by atoms with Gasteiger partial charge >= 0.3 is 11.9 Å².